The van der Waals surface area contributed by atoms with Crippen molar-refractivity contribution >= 4 is 35.7 Å². The van der Waals surface area contributed by atoms with Gasteiger partial charge in [-0.25, -0.2) is 9.59 Å². The molecule has 0 saturated heterocycles. The molecular weight excluding hydrogens is 303 g/mol. The lowest BCUT2D eigenvalue weighted by Crippen LogP contribution is -2.42. The van der Waals surface area contributed by atoms with E-state index in [-0.39, 0.29) is 5.22 Å². The van der Waals surface area contributed by atoms with Crippen molar-refractivity contribution in [3.05, 3.63) is 89.3 Å². The summed E-state index contributed by atoms with van der Waals surface area (Å²) in [5.74, 6) is 3.78. The Labute approximate surface area is 135 Å². The average Bonchev–Trinajstić information content (AvgIpc) is 2.63. The molecule has 3 heteroatoms. The fourth-order valence-corrected chi connectivity index (χ4v) is 4.92. The van der Waals surface area contributed by atoms with Gasteiger partial charge >= 0.3 is 0 Å². The SMILES string of the molecule is O=C=c1cccc(P(c2ccccc2)c2ccccc2)c1=C=O. The van der Waals surface area contributed by atoms with Crippen molar-refractivity contribution in [3.8, 4) is 0 Å². The van der Waals surface area contributed by atoms with Gasteiger partial charge in [0, 0.05) is 5.30 Å². The minimum atomic E-state index is -0.936. The molecule has 0 aliphatic heterocycles. The lowest BCUT2D eigenvalue weighted by molar-refractivity contribution is 0.564. The molecule has 3 aromatic rings. The van der Waals surface area contributed by atoms with Crippen LogP contribution >= 0.6 is 7.92 Å². The van der Waals surface area contributed by atoms with Crippen molar-refractivity contribution in [3.63, 3.8) is 0 Å². The smallest absolute Gasteiger partial charge is 0.134 e. The summed E-state index contributed by atoms with van der Waals surface area (Å²) in [6, 6.07) is 25.3. The van der Waals surface area contributed by atoms with Crippen LogP contribution in [0.2, 0.25) is 0 Å². The Kier molecular flexibility index (Phi) is 4.62. The second-order valence-corrected chi connectivity index (χ2v) is 7.10. The second kappa shape index (κ2) is 7.01. The third kappa shape index (κ3) is 3.06. The molecule has 0 aliphatic rings. The number of carbonyl (C=O) groups excluding carboxylic acids is 2. The van der Waals surface area contributed by atoms with Crippen LogP contribution in [0.1, 0.15) is 0 Å². The molecule has 23 heavy (non-hydrogen) atoms. The predicted molar refractivity (Wildman–Crippen MR) is 94.0 cm³/mol. The molecule has 0 aromatic heterocycles. The van der Waals surface area contributed by atoms with Gasteiger partial charge in [0.1, 0.15) is 11.9 Å². The molecule has 0 amide bonds. The van der Waals surface area contributed by atoms with Crippen LogP contribution in [0, 0.1) is 0 Å². The lowest BCUT2D eigenvalue weighted by Gasteiger charge is -2.19. The first-order chi connectivity index (χ1) is 11.3. The van der Waals surface area contributed by atoms with Gasteiger partial charge in [0.15, 0.2) is 0 Å². The molecule has 0 bridgehead atoms. The van der Waals surface area contributed by atoms with Crippen molar-refractivity contribution in [2.24, 2.45) is 0 Å². The summed E-state index contributed by atoms with van der Waals surface area (Å²) in [4.78, 5) is 22.6. The monoisotopic (exact) mass is 316 g/mol. The molecule has 0 aliphatic carbocycles. The summed E-state index contributed by atoms with van der Waals surface area (Å²) in [6.45, 7) is 0. The second-order valence-electron chi connectivity index (χ2n) is 4.91. The molecule has 110 valence electrons. The molecule has 2 nitrogen and oxygen atoms in total. The maximum absolute atomic E-state index is 11.5. The zero-order valence-electron chi connectivity index (χ0n) is 12.3. The van der Waals surface area contributed by atoms with Crippen LogP contribution in [0.25, 0.3) is 0 Å². The molecule has 0 unspecified atom stereocenters. The first-order valence-electron chi connectivity index (χ1n) is 7.14. The number of hydrogen-bond donors (Lipinski definition) is 0. The molecule has 0 radical (unpaired) electrons. The fourth-order valence-electron chi connectivity index (χ4n) is 2.50. The van der Waals surface area contributed by atoms with Gasteiger partial charge < -0.3 is 0 Å². The molecule has 0 fully saturated rings. The minimum Gasteiger partial charge on any atom is -0.233 e. The van der Waals surface area contributed by atoms with E-state index in [2.05, 4.69) is 0 Å². The van der Waals surface area contributed by atoms with Gasteiger partial charge in [-0.3, -0.25) is 0 Å². The zero-order valence-corrected chi connectivity index (χ0v) is 13.2. The van der Waals surface area contributed by atoms with Crippen LogP contribution in [-0.4, -0.2) is 11.9 Å². The highest BCUT2D eigenvalue weighted by Gasteiger charge is 2.18. The first-order valence-corrected chi connectivity index (χ1v) is 8.49. The normalized spacial score (nSPS) is 10.1. The fraction of sp³-hybridized carbons (Fsp3) is 0. The largest absolute Gasteiger partial charge is 0.233 e. The van der Waals surface area contributed by atoms with Crippen LogP contribution < -0.4 is 26.4 Å². The van der Waals surface area contributed by atoms with E-state index in [1.165, 1.54) is 0 Å². The van der Waals surface area contributed by atoms with Gasteiger partial charge in [-0.1, -0.05) is 72.8 Å². The number of rotatable bonds is 3. The molecular formula is C20H13O2P. The van der Waals surface area contributed by atoms with E-state index >= 15 is 0 Å². The van der Waals surface area contributed by atoms with Crippen LogP contribution in [0.5, 0.6) is 0 Å². The summed E-state index contributed by atoms with van der Waals surface area (Å²) >= 11 is 0. The Balaban J connectivity index is 2.35. The summed E-state index contributed by atoms with van der Waals surface area (Å²) in [5.41, 5.74) is 0. The van der Waals surface area contributed by atoms with Gasteiger partial charge in [0.05, 0.1) is 10.4 Å². The minimum absolute atomic E-state index is 0.261. The third-order valence-corrected chi connectivity index (χ3v) is 6.01. The van der Waals surface area contributed by atoms with Crippen molar-refractivity contribution in [2.75, 3.05) is 0 Å². The number of hydrogen-bond acceptors (Lipinski definition) is 2. The van der Waals surface area contributed by atoms with E-state index in [9.17, 15) is 9.59 Å². The Morgan fingerprint density at radius 3 is 1.65 bits per heavy atom. The van der Waals surface area contributed by atoms with Crippen LogP contribution in [-0.2, 0) is 9.59 Å². The van der Waals surface area contributed by atoms with Crippen molar-refractivity contribution in [2.45, 2.75) is 0 Å². The van der Waals surface area contributed by atoms with E-state index in [4.69, 9.17) is 0 Å². The maximum atomic E-state index is 11.5. The van der Waals surface area contributed by atoms with E-state index in [0.29, 0.717) is 5.22 Å². The summed E-state index contributed by atoms with van der Waals surface area (Å²) in [5, 5.41) is 3.63. The summed E-state index contributed by atoms with van der Waals surface area (Å²) in [7, 11) is -0.936. The topological polar surface area (TPSA) is 34.1 Å². The highest BCUT2D eigenvalue weighted by molar-refractivity contribution is 7.79. The van der Waals surface area contributed by atoms with E-state index in [1.54, 1.807) is 12.1 Å². The average molecular weight is 316 g/mol. The molecule has 3 aromatic carbocycles. The molecule has 0 heterocycles. The quantitative estimate of drug-likeness (QED) is 0.658. The summed E-state index contributed by atoms with van der Waals surface area (Å²) in [6.07, 6.45) is 0. The lowest BCUT2D eigenvalue weighted by atomic mass is 10.2. The zero-order chi connectivity index (χ0) is 16.1. The maximum Gasteiger partial charge on any atom is 0.134 e. The van der Waals surface area contributed by atoms with E-state index in [0.717, 1.165) is 15.9 Å². The highest BCUT2D eigenvalue weighted by atomic mass is 31.1. The molecule has 3 rings (SSSR count). The van der Waals surface area contributed by atoms with Gasteiger partial charge in [0.25, 0.3) is 0 Å². The van der Waals surface area contributed by atoms with Gasteiger partial charge in [-0.15, -0.1) is 0 Å². The predicted octanol–water partition coefficient (Wildman–Crippen LogP) is 0.451. The van der Waals surface area contributed by atoms with Crippen LogP contribution in [0.15, 0.2) is 78.9 Å². The summed E-state index contributed by atoms with van der Waals surface area (Å²) < 4.78 is 0. The van der Waals surface area contributed by atoms with Gasteiger partial charge in [-0.05, 0) is 24.6 Å². The van der Waals surface area contributed by atoms with E-state index in [1.807, 2.05) is 78.6 Å². The van der Waals surface area contributed by atoms with Gasteiger partial charge in [-0.2, -0.15) is 0 Å². The van der Waals surface area contributed by atoms with Crippen molar-refractivity contribution in [1.82, 2.24) is 0 Å². The van der Waals surface area contributed by atoms with Crippen LogP contribution in [0.4, 0.5) is 0 Å². The Bertz CT molecular complexity index is 932. The van der Waals surface area contributed by atoms with Crippen molar-refractivity contribution in [1.29, 1.82) is 0 Å². The Morgan fingerprint density at radius 1 is 0.609 bits per heavy atom. The van der Waals surface area contributed by atoms with Gasteiger partial charge in [0.2, 0.25) is 0 Å². The standard InChI is InChI=1S/C20H13O2P/c21-14-16-8-7-13-20(19(16)15-22)23(17-9-3-1-4-10-17)18-11-5-2-6-12-18/h1-13H. The third-order valence-electron chi connectivity index (χ3n) is 3.52. The highest BCUT2D eigenvalue weighted by Crippen LogP contribution is 2.30. The molecule has 0 N–H and O–H groups in total. The molecule has 0 saturated carbocycles. The number of benzene rings is 3. The van der Waals surface area contributed by atoms with Crippen molar-refractivity contribution < 1.29 is 9.59 Å². The van der Waals surface area contributed by atoms with Crippen LogP contribution in [0.3, 0.4) is 0 Å². The first kappa shape index (κ1) is 15.2. The molecule has 0 spiro atoms. The Morgan fingerprint density at radius 2 is 1.17 bits per heavy atom. The van der Waals surface area contributed by atoms with E-state index < -0.39 is 7.92 Å². The Hall–Kier alpha value is -2.75. The molecule has 0 atom stereocenters.